The molecule has 3 heterocycles. The van der Waals surface area contributed by atoms with E-state index in [0.717, 1.165) is 23.4 Å². The Morgan fingerprint density at radius 3 is 2.91 bits per heavy atom. The molecule has 0 spiro atoms. The number of hydrogen-bond donors (Lipinski definition) is 1. The van der Waals surface area contributed by atoms with E-state index in [-0.39, 0.29) is 12.0 Å². The summed E-state index contributed by atoms with van der Waals surface area (Å²) in [6.45, 7) is 4.37. The van der Waals surface area contributed by atoms with Crippen molar-refractivity contribution in [3.63, 3.8) is 0 Å². The van der Waals surface area contributed by atoms with Crippen molar-refractivity contribution < 1.29 is 14.3 Å². The number of likely N-dealkylation sites (tertiary alicyclic amines) is 1. The van der Waals surface area contributed by atoms with Gasteiger partial charge in [-0.15, -0.1) is 0 Å². The molecule has 0 bridgehead atoms. The highest BCUT2D eigenvalue weighted by molar-refractivity contribution is 5.94. The van der Waals surface area contributed by atoms with Crippen LogP contribution in [-0.4, -0.2) is 46.8 Å². The Morgan fingerprint density at radius 1 is 1.35 bits per heavy atom. The van der Waals surface area contributed by atoms with E-state index in [4.69, 9.17) is 9.47 Å². The van der Waals surface area contributed by atoms with Crippen LogP contribution in [0.5, 0.6) is 5.75 Å². The van der Waals surface area contributed by atoms with Gasteiger partial charge in [0.05, 0.1) is 26.3 Å². The Hall–Kier alpha value is -2.34. The molecule has 1 amide bonds. The molecule has 2 aromatic rings. The van der Waals surface area contributed by atoms with Gasteiger partial charge in [0.2, 0.25) is 0 Å². The zero-order valence-corrected chi connectivity index (χ0v) is 13.0. The quantitative estimate of drug-likeness (QED) is 0.936. The highest BCUT2D eigenvalue weighted by atomic mass is 16.5. The topological polar surface area (TPSA) is 67.5 Å². The average Bonchev–Trinajstić information content (AvgIpc) is 2.96. The van der Waals surface area contributed by atoms with E-state index >= 15 is 0 Å². The van der Waals surface area contributed by atoms with Crippen molar-refractivity contribution in [1.29, 1.82) is 0 Å². The van der Waals surface area contributed by atoms with Crippen molar-refractivity contribution in [3.8, 4) is 5.75 Å². The van der Waals surface area contributed by atoms with E-state index < -0.39 is 0 Å². The number of benzene rings is 1. The molecule has 1 N–H and O–H groups in total. The smallest absolute Gasteiger partial charge is 0.274 e. The van der Waals surface area contributed by atoms with Gasteiger partial charge in [-0.3, -0.25) is 9.89 Å². The predicted octanol–water partition coefficient (Wildman–Crippen LogP) is 1.69. The van der Waals surface area contributed by atoms with Crippen LogP contribution in [0.1, 0.15) is 27.3 Å². The second-order valence-corrected chi connectivity index (χ2v) is 6.09. The molecule has 6 heteroatoms. The molecule has 0 aliphatic carbocycles. The third-order valence-corrected chi connectivity index (χ3v) is 4.36. The van der Waals surface area contributed by atoms with Crippen molar-refractivity contribution in [1.82, 2.24) is 15.1 Å². The maximum Gasteiger partial charge on any atom is 0.274 e. The average molecular weight is 313 g/mol. The molecule has 1 saturated heterocycles. The molecule has 2 aliphatic rings. The Labute approximate surface area is 134 Å². The lowest BCUT2D eigenvalue weighted by molar-refractivity contribution is 0.0169. The number of carbonyl (C=O) groups is 1. The van der Waals surface area contributed by atoms with E-state index in [9.17, 15) is 4.79 Å². The molecule has 6 nitrogen and oxygen atoms in total. The minimum atomic E-state index is -0.0447. The fourth-order valence-electron chi connectivity index (χ4n) is 2.93. The summed E-state index contributed by atoms with van der Waals surface area (Å²) in [5.74, 6) is 0.801. The number of amides is 1. The van der Waals surface area contributed by atoms with Gasteiger partial charge in [-0.1, -0.05) is 17.7 Å². The number of carbonyl (C=O) groups excluding carboxylic acids is 1. The summed E-state index contributed by atoms with van der Waals surface area (Å²) in [7, 11) is 0. The van der Waals surface area contributed by atoms with Gasteiger partial charge in [-0.2, -0.15) is 5.10 Å². The largest absolute Gasteiger partial charge is 0.487 e. The van der Waals surface area contributed by atoms with Crippen LogP contribution in [0.15, 0.2) is 24.3 Å². The van der Waals surface area contributed by atoms with Crippen LogP contribution in [0, 0.1) is 6.92 Å². The number of fused-ring (bicyclic) bond motifs is 1. The summed E-state index contributed by atoms with van der Waals surface area (Å²) in [6.07, 6.45) is 0.835. The molecule has 0 saturated carbocycles. The van der Waals surface area contributed by atoms with Crippen molar-refractivity contribution in [2.24, 2.45) is 0 Å². The van der Waals surface area contributed by atoms with E-state index in [1.165, 1.54) is 5.56 Å². The van der Waals surface area contributed by atoms with Crippen LogP contribution in [0.3, 0.4) is 0 Å². The Morgan fingerprint density at radius 2 is 2.13 bits per heavy atom. The highest BCUT2D eigenvalue weighted by Gasteiger charge is 2.35. The lowest BCUT2D eigenvalue weighted by Crippen LogP contribution is -2.56. The highest BCUT2D eigenvalue weighted by Crippen LogP contribution is 2.23. The monoisotopic (exact) mass is 313 g/mol. The molecular formula is C17H19N3O3. The molecule has 120 valence electrons. The van der Waals surface area contributed by atoms with E-state index in [2.05, 4.69) is 10.2 Å². The number of nitrogens with one attached hydrogen (secondary N) is 1. The van der Waals surface area contributed by atoms with E-state index in [1.807, 2.05) is 31.2 Å². The summed E-state index contributed by atoms with van der Waals surface area (Å²) in [4.78, 5) is 14.3. The summed E-state index contributed by atoms with van der Waals surface area (Å²) in [6, 6.07) is 7.96. The molecule has 0 unspecified atom stereocenters. The summed E-state index contributed by atoms with van der Waals surface area (Å²) >= 11 is 0. The van der Waals surface area contributed by atoms with Crippen molar-refractivity contribution in [2.75, 3.05) is 19.7 Å². The van der Waals surface area contributed by atoms with Gasteiger partial charge < -0.3 is 14.4 Å². The predicted molar refractivity (Wildman–Crippen MR) is 83.4 cm³/mol. The Bertz CT molecular complexity index is 717. The minimum Gasteiger partial charge on any atom is -0.487 e. The molecule has 1 aromatic heterocycles. The number of aryl methyl sites for hydroxylation is 1. The first kappa shape index (κ1) is 14.3. The molecule has 4 rings (SSSR count). The van der Waals surface area contributed by atoms with Gasteiger partial charge in [0.1, 0.15) is 11.9 Å². The van der Waals surface area contributed by atoms with Crippen LogP contribution in [-0.2, 0) is 17.8 Å². The molecule has 23 heavy (non-hydrogen) atoms. The first-order valence-electron chi connectivity index (χ1n) is 7.87. The van der Waals surface area contributed by atoms with Crippen molar-refractivity contribution >= 4 is 5.91 Å². The number of aromatic amines is 1. The van der Waals surface area contributed by atoms with Crippen molar-refractivity contribution in [2.45, 2.75) is 26.1 Å². The molecule has 1 fully saturated rings. The second kappa shape index (κ2) is 5.70. The van der Waals surface area contributed by atoms with Gasteiger partial charge in [-0.05, 0) is 19.1 Å². The van der Waals surface area contributed by atoms with Gasteiger partial charge in [0, 0.05) is 17.7 Å². The molecule has 0 radical (unpaired) electrons. The maximum absolute atomic E-state index is 12.5. The SMILES string of the molecule is Cc1ccc(OC2CN(C(=O)c3n[nH]c4c3COCC4)C2)cc1. The van der Waals surface area contributed by atoms with Gasteiger partial charge in [-0.25, -0.2) is 0 Å². The van der Waals surface area contributed by atoms with E-state index in [0.29, 0.717) is 32.0 Å². The number of H-pyrrole nitrogens is 1. The normalized spacial score (nSPS) is 17.5. The number of hydrogen-bond acceptors (Lipinski definition) is 4. The molecule has 0 atom stereocenters. The van der Waals surface area contributed by atoms with Crippen LogP contribution < -0.4 is 4.74 Å². The van der Waals surface area contributed by atoms with Crippen molar-refractivity contribution in [3.05, 3.63) is 46.8 Å². The molecular weight excluding hydrogens is 294 g/mol. The summed E-state index contributed by atoms with van der Waals surface area (Å²) in [5.41, 5.74) is 3.62. The summed E-state index contributed by atoms with van der Waals surface area (Å²) in [5, 5.41) is 7.14. The molecule has 2 aliphatic heterocycles. The summed E-state index contributed by atoms with van der Waals surface area (Å²) < 4.78 is 11.3. The fraction of sp³-hybridized carbons (Fsp3) is 0.412. The third kappa shape index (κ3) is 2.70. The lowest BCUT2D eigenvalue weighted by Gasteiger charge is -2.38. The van der Waals surface area contributed by atoms with Crippen LogP contribution >= 0.6 is 0 Å². The zero-order valence-electron chi connectivity index (χ0n) is 13.0. The Balaban J connectivity index is 1.37. The fourth-order valence-corrected chi connectivity index (χ4v) is 2.93. The minimum absolute atomic E-state index is 0.0447. The number of rotatable bonds is 3. The van der Waals surface area contributed by atoms with Gasteiger partial charge in [0.15, 0.2) is 5.69 Å². The second-order valence-electron chi connectivity index (χ2n) is 6.09. The maximum atomic E-state index is 12.5. The number of ether oxygens (including phenoxy) is 2. The number of aromatic nitrogens is 2. The van der Waals surface area contributed by atoms with Gasteiger partial charge >= 0.3 is 0 Å². The lowest BCUT2D eigenvalue weighted by atomic mass is 10.1. The standard InChI is InChI=1S/C17H19N3O3/c1-11-2-4-12(5-3-11)23-13-8-20(9-13)17(21)16-14-10-22-7-6-15(14)18-19-16/h2-5,13H,6-10H2,1H3,(H,18,19). The first-order valence-corrected chi connectivity index (χ1v) is 7.87. The molecule has 1 aromatic carbocycles. The number of nitrogens with zero attached hydrogens (tertiary/aromatic N) is 2. The third-order valence-electron chi connectivity index (χ3n) is 4.36. The Kier molecular flexibility index (Phi) is 3.53. The van der Waals surface area contributed by atoms with Crippen LogP contribution in [0.4, 0.5) is 0 Å². The first-order chi connectivity index (χ1) is 11.2. The van der Waals surface area contributed by atoms with Crippen LogP contribution in [0.2, 0.25) is 0 Å². The van der Waals surface area contributed by atoms with Crippen LogP contribution in [0.25, 0.3) is 0 Å². The van der Waals surface area contributed by atoms with Gasteiger partial charge in [0.25, 0.3) is 5.91 Å². The zero-order chi connectivity index (χ0) is 15.8. The van der Waals surface area contributed by atoms with E-state index in [1.54, 1.807) is 4.90 Å².